The Bertz CT molecular complexity index is 434. The molecule has 0 aromatic carbocycles. The summed E-state index contributed by atoms with van der Waals surface area (Å²) >= 11 is 0. The summed E-state index contributed by atoms with van der Waals surface area (Å²) in [6, 6.07) is 4.43. The highest BCUT2D eigenvalue weighted by molar-refractivity contribution is 5.14. The molecule has 5 heteroatoms. The molecule has 1 rings (SSSR count). The van der Waals surface area contributed by atoms with Crippen molar-refractivity contribution in [2.24, 2.45) is 0 Å². The molecule has 1 aromatic rings. The smallest absolute Gasteiger partial charge is 0.212 e. The van der Waals surface area contributed by atoms with Crippen molar-refractivity contribution < 1.29 is 0 Å². The van der Waals surface area contributed by atoms with E-state index < -0.39 is 5.54 Å². The fraction of sp³-hybridized carbons (Fsp3) is 0.545. The summed E-state index contributed by atoms with van der Waals surface area (Å²) in [5, 5.41) is 21.2. The Hall–Kier alpha value is -1.85. The highest BCUT2D eigenvalue weighted by atomic mass is 15.1. The Morgan fingerprint density at radius 1 is 1.56 bits per heavy atom. The van der Waals surface area contributed by atoms with Gasteiger partial charge in [-0.05, 0) is 20.8 Å². The number of rotatable bonds is 4. The maximum Gasteiger partial charge on any atom is 0.212 e. The van der Waals surface area contributed by atoms with Crippen LogP contribution < -0.4 is 5.32 Å². The van der Waals surface area contributed by atoms with E-state index in [2.05, 4.69) is 16.4 Å². The average molecular weight is 217 g/mol. The maximum atomic E-state index is 9.17. The Balaban J connectivity index is 2.87. The van der Waals surface area contributed by atoms with Crippen LogP contribution in [-0.2, 0) is 6.54 Å². The van der Waals surface area contributed by atoms with Crippen LogP contribution in [0, 0.1) is 22.7 Å². The predicted octanol–water partition coefficient (Wildman–Crippen LogP) is 1.04. The minimum absolute atomic E-state index is 0.207. The zero-order chi connectivity index (χ0) is 12.2. The SMILES string of the molecule is CC(C)NC(C)(C#N)Cn1ccnc1C#N. The van der Waals surface area contributed by atoms with Gasteiger partial charge >= 0.3 is 0 Å². The minimum atomic E-state index is -0.694. The zero-order valence-electron chi connectivity index (χ0n) is 9.73. The standard InChI is InChI=1S/C11H15N5/c1-9(2)15-11(3,7-13)8-16-5-4-14-10(16)6-12/h4-5,9,15H,8H2,1-3H3. The molecular weight excluding hydrogens is 202 g/mol. The Kier molecular flexibility index (Phi) is 3.65. The van der Waals surface area contributed by atoms with E-state index in [1.165, 1.54) is 0 Å². The van der Waals surface area contributed by atoms with Crippen molar-refractivity contribution in [3.8, 4) is 12.1 Å². The third kappa shape index (κ3) is 2.82. The van der Waals surface area contributed by atoms with Crippen molar-refractivity contribution in [3.63, 3.8) is 0 Å². The van der Waals surface area contributed by atoms with E-state index in [4.69, 9.17) is 10.5 Å². The van der Waals surface area contributed by atoms with Crippen LogP contribution >= 0.6 is 0 Å². The van der Waals surface area contributed by atoms with Crippen LogP contribution in [0.3, 0.4) is 0 Å². The number of nitrogens with zero attached hydrogens (tertiary/aromatic N) is 4. The molecule has 1 unspecified atom stereocenters. The van der Waals surface area contributed by atoms with Gasteiger partial charge in [0.2, 0.25) is 5.82 Å². The lowest BCUT2D eigenvalue weighted by atomic mass is 10.0. The first-order valence-corrected chi connectivity index (χ1v) is 5.11. The lowest BCUT2D eigenvalue weighted by molar-refractivity contribution is 0.357. The van der Waals surface area contributed by atoms with Crippen LogP contribution in [-0.4, -0.2) is 21.1 Å². The van der Waals surface area contributed by atoms with Crippen molar-refractivity contribution in [1.82, 2.24) is 14.9 Å². The third-order valence-corrected chi connectivity index (χ3v) is 2.16. The van der Waals surface area contributed by atoms with Gasteiger partial charge in [0.15, 0.2) is 0 Å². The van der Waals surface area contributed by atoms with Gasteiger partial charge in [-0.3, -0.25) is 5.32 Å². The number of hydrogen-bond donors (Lipinski definition) is 1. The summed E-state index contributed by atoms with van der Waals surface area (Å²) in [5.74, 6) is 0.326. The molecular formula is C11H15N5. The fourth-order valence-electron chi connectivity index (χ4n) is 1.64. The summed E-state index contributed by atoms with van der Waals surface area (Å²) in [6.45, 7) is 6.18. The van der Waals surface area contributed by atoms with Crippen LogP contribution in [0.5, 0.6) is 0 Å². The number of hydrogen-bond acceptors (Lipinski definition) is 4. The summed E-state index contributed by atoms with van der Waals surface area (Å²) in [4.78, 5) is 3.90. The molecule has 1 heterocycles. The molecule has 5 nitrogen and oxygen atoms in total. The highest BCUT2D eigenvalue weighted by Crippen LogP contribution is 2.09. The second kappa shape index (κ2) is 4.78. The Labute approximate surface area is 95.3 Å². The molecule has 0 amide bonds. The minimum Gasteiger partial charge on any atom is -0.320 e. The van der Waals surface area contributed by atoms with Crippen LogP contribution in [0.1, 0.15) is 26.6 Å². The van der Waals surface area contributed by atoms with E-state index in [-0.39, 0.29) is 6.04 Å². The summed E-state index contributed by atoms with van der Waals surface area (Å²) in [5.41, 5.74) is -0.694. The van der Waals surface area contributed by atoms with Gasteiger partial charge < -0.3 is 4.57 Å². The summed E-state index contributed by atoms with van der Waals surface area (Å²) in [6.07, 6.45) is 3.27. The zero-order valence-corrected chi connectivity index (χ0v) is 9.73. The van der Waals surface area contributed by atoms with Crippen molar-refractivity contribution in [1.29, 1.82) is 10.5 Å². The predicted molar refractivity (Wildman–Crippen MR) is 59.2 cm³/mol. The molecule has 0 aliphatic rings. The van der Waals surface area contributed by atoms with E-state index in [0.717, 1.165) is 0 Å². The molecule has 0 saturated heterocycles. The maximum absolute atomic E-state index is 9.17. The molecule has 1 aromatic heterocycles. The lowest BCUT2D eigenvalue weighted by Gasteiger charge is -2.26. The molecule has 1 N–H and O–H groups in total. The van der Waals surface area contributed by atoms with Gasteiger partial charge in [-0.15, -0.1) is 0 Å². The molecule has 0 aliphatic carbocycles. The Morgan fingerprint density at radius 3 is 2.75 bits per heavy atom. The molecule has 84 valence electrons. The molecule has 0 radical (unpaired) electrons. The molecule has 16 heavy (non-hydrogen) atoms. The van der Waals surface area contributed by atoms with Crippen molar-refractivity contribution in [3.05, 3.63) is 18.2 Å². The first-order valence-electron chi connectivity index (χ1n) is 5.11. The van der Waals surface area contributed by atoms with E-state index in [0.29, 0.717) is 12.4 Å². The van der Waals surface area contributed by atoms with Gasteiger partial charge in [0, 0.05) is 18.4 Å². The Morgan fingerprint density at radius 2 is 2.25 bits per heavy atom. The first kappa shape index (κ1) is 12.2. The van der Waals surface area contributed by atoms with E-state index in [1.807, 2.05) is 26.8 Å². The topological polar surface area (TPSA) is 77.4 Å². The van der Waals surface area contributed by atoms with Crippen molar-refractivity contribution in [2.75, 3.05) is 0 Å². The van der Waals surface area contributed by atoms with E-state index in [1.54, 1.807) is 17.0 Å². The van der Waals surface area contributed by atoms with Gasteiger partial charge in [-0.1, -0.05) is 0 Å². The van der Waals surface area contributed by atoms with Crippen molar-refractivity contribution >= 4 is 0 Å². The average Bonchev–Trinajstić information content (AvgIpc) is 2.63. The largest absolute Gasteiger partial charge is 0.320 e. The van der Waals surface area contributed by atoms with Crippen LogP contribution in [0.2, 0.25) is 0 Å². The lowest BCUT2D eigenvalue weighted by Crippen LogP contribution is -2.48. The van der Waals surface area contributed by atoms with Gasteiger partial charge in [0.1, 0.15) is 11.6 Å². The van der Waals surface area contributed by atoms with Gasteiger partial charge in [-0.2, -0.15) is 10.5 Å². The van der Waals surface area contributed by atoms with Crippen LogP contribution in [0.15, 0.2) is 12.4 Å². The van der Waals surface area contributed by atoms with Gasteiger partial charge in [0.05, 0.1) is 12.6 Å². The monoisotopic (exact) mass is 217 g/mol. The number of nitrogens with one attached hydrogen (secondary N) is 1. The second-order valence-electron chi connectivity index (χ2n) is 4.23. The molecule has 0 fully saturated rings. The second-order valence-corrected chi connectivity index (χ2v) is 4.23. The molecule has 0 spiro atoms. The molecule has 0 saturated carbocycles. The normalized spacial score (nSPS) is 14.1. The highest BCUT2D eigenvalue weighted by Gasteiger charge is 2.25. The van der Waals surface area contributed by atoms with E-state index >= 15 is 0 Å². The number of imidazole rings is 1. The van der Waals surface area contributed by atoms with Crippen LogP contribution in [0.25, 0.3) is 0 Å². The van der Waals surface area contributed by atoms with Crippen molar-refractivity contribution in [2.45, 2.75) is 38.9 Å². The summed E-state index contributed by atoms with van der Waals surface area (Å²) in [7, 11) is 0. The fourth-order valence-corrected chi connectivity index (χ4v) is 1.64. The van der Waals surface area contributed by atoms with Crippen LogP contribution in [0.4, 0.5) is 0 Å². The first-order chi connectivity index (χ1) is 7.50. The molecule has 0 aliphatic heterocycles. The number of aromatic nitrogens is 2. The molecule has 1 atom stereocenters. The quantitative estimate of drug-likeness (QED) is 0.817. The molecule has 0 bridgehead atoms. The summed E-state index contributed by atoms with van der Waals surface area (Å²) < 4.78 is 1.68. The van der Waals surface area contributed by atoms with Gasteiger partial charge in [0.25, 0.3) is 0 Å². The number of nitriles is 2. The third-order valence-electron chi connectivity index (χ3n) is 2.16. The van der Waals surface area contributed by atoms with Gasteiger partial charge in [-0.25, -0.2) is 4.98 Å². The van der Waals surface area contributed by atoms with E-state index in [9.17, 15) is 0 Å².